The minimum Gasteiger partial charge on any atom is -0.293 e. The molecule has 0 amide bonds. The number of hydrogen-bond donors (Lipinski definition) is 0. The van der Waals surface area contributed by atoms with E-state index in [-0.39, 0.29) is 5.78 Å². The molecule has 0 unspecified atom stereocenters. The van der Waals surface area contributed by atoms with Gasteiger partial charge in [0.1, 0.15) is 0 Å². The van der Waals surface area contributed by atoms with Crippen molar-refractivity contribution >= 4 is 23.2 Å². The maximum Gasteiger partial charge on any atom is 0.177 e. The molecule has 0 aliphatic rings. The third-order valence-corrected chi connectivity index (χ3v) is 3.29. The molecule has 0 saturated heterocycles. The molecule has 0 aliphatic heterocycles. The quantitative estimate of drug-likeness (QED) is 0.727. The Balaban J connectivity index is 2.09. The van der Waals surface area contributed by atoms with E-state index in [1.54, 1.807) is 6.08 Å². The van der Waals surface area contributed by atoms with Crippen LogP contribution >= 0.6 is 11.3 Å². The van der Waals surface area contributed by atoms with Crippen LogP contribution in [0.5, 0.6) is 0 Å². The molecule has 0 atom stereocenters. The Morgan fingerprint density at radius 3 is 2.56 bits per heavy atom. The van der Waals surface area contributed by atoms with Crippen LogP contribution in [0.15, 0.2) is 48.4 Å². The molecule has 2 aromatic rings. The Labute approximate surface area is 99.1 Å². The first kappa shape index (κ1) is 10.8. The van der Waals surface area contributed by atoms with Gasteiger partial charge in [0, 0.05) is 6.42 Å². The Hall–Kier alpha value is -1.67. The number of benzene rings is 1. The zero-order valence-corrected chi connectivity index (χ0v) is 9.67. The van der Waals surface area contributed by atoms with Gasteiger partial charge in [0.15, 0.2) is 5.78 Å². The fourth-order valence-corrected chi connectivity index (χ4v) is 2.15. The first-order valence-electron chi connectivity index (χ1n) is 5.07. The summed E-state index contributed by atoms with van der Waals surface area (Å²) in [5, 5.41) is 1.92. The minimum absolute atomic E-state index is 0.182. The van der Waals surface area contributed by atoms with Crippen molar-refractivity contribution in [2.75, 3.05) is 0 Å². The zero-order valence-electron chi connectivity index (χ0n) is 8.85. The molecule has 1 aromatic heterocycles. The van der Waals surface area contributed by atoms with E-state index in [9.17, 15) is 4.79 Å². The predicted octanol–water partition coefficient (Wildman–Crippen LogP) is 3.82. The number of carbonyl (C=O) groups excluding carboxylic acids is 1. The van der Waals surface area contributed by atoms with Crippen molar-refractivity contribution in [3.63, 3.8) is 0 Å². The van der Waals surface area contributed by atoms with Crippen molar-refractivity contribution in [3.8, 4) is 0 Å². The van der Waals surface area contributed by atoms with Crippen LogP contribution in [0.3, 0.4) is 0 Å². The highest BCUT2D eigenvalue weighted by molar-refractivity contribution is 7.12. The van der Waals surface area contributed by atoms with Gasteiger partial charge in [-0.05, 0) is 22.6 Å². The molecule has 0 radical (unpaired) electrons. The van der Waals surface area contributed by atoms with E-state index in [1.807, 2.05) is 41.8 Å². The van der Waals surface area contributed by atoms with Gasteiger partial charge in [0.25, 0.3) is 0 Å². The van der Waals surface area contributed by atoms with Gasteiger partial charge in [-0.2, -0.15) is 0 Å². The number of Topliss-reactive ketones (excluding diaryl/α,β-unsaturated/α-hetero) is 1. The summed E-state index contributed by atoms with van der Waals surface area (Å²) in [6.45, 7) is 3.70. The lowest BCUT2D eigenvalue weighted by Gasteiger charge is -2.00. The van der Waals surface area contributed by atoms with Gasteiger partial charge in [-0.25, -0.2) is 0 Å². The topological polar surface area (TPSA) is 17.1 Å². The Morgan fingerprint density at radius 2 is 2.00 bits per heavy atom. The number of ketones is 1. The van der Waals surface area contributed by atoms with Gasteiger partial charge in [-0.1, -0.05) is 43.0 Å². The van der Waals surface area contributed by atoms with Gasteiger partial charge in [0.05, 0.1) is 4.88 Å². The van der Waals surface area contributed by atoms with Crippen LogP contribution in [0.4, 0.5) is 0 Å². The lowest BCUT2D eigenvalue weighted by Crippen LogP contribution is -2.00. The molecule has 0 aliphatic carbocycles. The fraction of sp³-hybridized carbons (Fsp3) is 0.0714. The summed E-state index contributed by atoms with van der Waals surface area (Å²) in [5.74, 6) is 0.182. The number of carbonyl (C=O) groups is 1. The van der Waals surface area contributed by atoms with Crippen molar-refractivity contribution in [2.45, 2.75) is 6.42 Å². The molecule has 0 fully saturated rings. The second-order valence-electron chi connectivity index (χ2n) is 3.52. The third-order valence-electron chi connectivity index (χ3n) is 2.38. The molecular formula is C14H12OS. The lowest BCUT2D eigenvalue weighted by atomic mass is 10.1. The van der Waals surface area contributed by atoms with Crippen molar-refractivity contribution in [1.29, 1.82) is 0 Å². The van der Waals surface area contributed by atoms with Crippen molar-refractivity contribution in [1.82, 2.24) is 0 Å². The van der Waals surface area contributed by atoms with Gasteiger partial charge < -0.3 is 0 Å². The molecule has 2 heteroatoms. The minimum atomic E-state index is 0.182. The van der Waals surface area contributed by atoms with Gasteiger partial charge in [-0.3, -0.25) is 4.79 Å². The molecule has 1 nitrogen and oxygen atoms in total. The second kappa shape index (κ2) is 4.90. The molecular weight excluding hydrogens is 216 g/mol. The standard InChI is InChI=1S/C14H12OS/c1-2-11-5-7-12(8-6-11)10-13(15)14-4-3-9-16-14/h2-9H,1,10H2. The number of rotatable bonds is 4. The average Bonchev–Trinajstić information content (AvgIpc) is 2.83. The molecule has 80 valence electrons. The molecule has 0 saturated carbocycles. The highest BCUT2D eigenvalue weighted by atomic mass is 32.1. The number of hydrogen-bond acceptors (Lipinski definition) is 2. The molecule has 1 aromatic carbocycles. The van der Waals surface area contributed by atoms with E-state index >= 15 is 0 Å². The average molecular weight is 228 g/mol. The molecule has 0 N–H and O–H groups in total. The third kappa shape index (κ3) is 2.47. The fourth-order valence-electron chi connectivity index (χ4n) is 1.48. The highest BCUT2D eigenvalue weighted by Gasteiger charge is 2.07. The van der Waals surface area contributed by atoms with Crippen molar-refractivity contribution in [2.24, 2.45) is 0 Å². The summed E-state index contributed by atoms with van der Waals surface area (Å²) in [4.78, 5) is 12.6. The lowest BCUT2D eigenvalue weighted by molar-refractivity contribution is 0.0997. The maximum absolute atomic E-state index is 11.8. The van der Waals surface area contributed by atoms with Gasteiger partial charge >= 0.3 is 0 Å². The van der Waals surface area contributed by atoms with Crippen LogP contribution in [0.1, 0.15) is 20.8 Å². The Kier molecular flexibility index (Phi) is 3.32. The molecule has 0 bridgehead atoms. The van der Waals surface area contributed by atoms with Crippen LogP contribution in [-0.2, 0) is 6.42 Å². The Bertz CT molecular complexity index is 480. The van der Waals surface area contributed by atoms with Crippen LogP contribution in [0.2, 0.25) is 0 Å². The summed E-state index contributed by atoms with van der Waals surface area (Å²) < 4.78 is 0. The van der Waals surface area contributed by atoms with E-state index < -0.39 is 0 Å². The molecule has 0 spiro atoms. The number of thiophene rings is 1. The van der Waals surface area contributed by atoms with Crippen molar-refractivity contribution < 1.29 is 4.79 Å². The molecule has 2 rings (SSSR count). The zero-order chi connectivity index (χ0) is 11.4. The Morgan fingerprint density at radius 1 is 1.25 bits per heavy atom. The summed E-state index contributed by atoms with van der Waals surface area (Å²) >= 11 is 1.49. The SMILES string of the molecule is C=Cc1ccc(CC(=O)c2cccs2)cc1. The monoisotopic (exact) mass is 228 g/mol. The van der Waals surface area contributed by atoms with E-state index in [0.29, 0.717) is 6.42 Å². The highest BCUT2D eigenvalue weighted by Crippen LogP contribution is 2.13. The smallest absolute Gasteiger partial charge is 0.177 e. The van der Waals surface area contributed by atoms with Crippen molar-refractivity contribution in [3.05, 3.63) is 64.4 Å². The van der Waals surface area contributed by atoms with Crippen LogP contribution in [0.25, 0.3) is 6.08 Å². The summed E-state index contributed by atoms with van der Waals surface area (Å²) in [6, 6.07) is 11.7. The maximum atomic E-state index is 11.8. The van der Waals surface area contributed by atoms with E-state index in [1.165, 1.54) is 11.3 Å². The van der Waals surface area contributed by atoms with Gasteiger partial charge in [-0.15, -0.1) is 11.3 Å². The summed E-state index contributed by atoms with van der Waals surface area (Å²) in [6.07, 6.45) is 2.27. The van der Waals surface area contributed by atoms with Crippen LogP contribution in [-0.4, -0.2) is 5.78 Å². The molecule has 16 heavy (non-hydrogen) atoms. The normalized spacial score (nSPS) is 10.0. The summed E-state index contributed by atoms with van der Waals surface area (Å²) in [7, 11) is 0. The van der Waals surface area contributed by atoms with Gasteiger partial charge in [0.2, 0.25) is 0 Å². The van der Waals surface area contributed by atoms with Crippen LogP contribution in [0, 0.1) is 0 Å². The van der Waals surface area contributed by atoms with E-state index in [4.69, 9.17) is 0 Å². The first-order chi connectivity index (χ1) is 7.79. The first-order valence-corrected chi connectivity index (χ1v) is 5.95. The van der Waals surface area contributed by atoms with Crippen LogP contribution < -0.4 is 0 Å². The van der Waals surface area contributed by atoms with E-state index in [0.717, 1.165) is 16.0 Å². The largest absolute Gasteiger partial charge is 0.293 e. The molecule has 1 heterocycles. The summed E-state index contributed by atoms with van der Waals surface area (Å²) in [5.41, 5.74) is 2.12. The second-order valence-corrected chi connectivity index (χ2v) is 4.47. The van der Waals surface area contributed by atoms with E-state index in [2.05, 4.69) is 6.58 Å². The predicted molar refractivity (Wildman–Crippen MR) is 68.9 cm³/mol.